The molecule has 2 aliphatic rings. The van der Waals surface area contributed by atoms with Crippen molar-refractivity contribution in [2.24, 2.45) is 0 Å². The highest BCUT2D eigenvalue weighted by Crippen LogP contribution is 2.45. The van der Waals surface area contributed by atoms with Gasteiger partial charge >= 0.3 is 0 Å². The number of thiophene rings is 1. The van der Waals surface area contributed by atoms with Crippen LogP contribution in [0.15, 0.2) is 79.5 Å². The van der Waals surface area contributed by atoms with Gasteiger partial charge < -0.3 is 15.0 Å². The van der Waals surface area contributed by atoms with Crippen molar-refractivity contribution in [2.45, 2.75) is 38.6 Å². The number of amides is 1. The van der Waals surface area contributed by atoms with Gasteiger partial charge in [-0.2, -0.15) is 5.10 Å². The predicted octanol–water partition coefficient (Wildman–Crippen LogP) is 7.93. The first-order chi connectivity index (χ1) is 21.9. The third-order valence-corrected chi connectivity index (χ3v) is 9.69. The van der Waals surface area contributed by atoms with Crippen molar-refractivity contribution in [3.63, 3.8) is 0 Å². The maximum absolute atomic E-state index is 14.5. The zero-order chi connectivity index (χ0) is 31.1. The molecule has 2 aromatic carbocycles. The molecule has 5 aromatic rings. The van der Waals surface area contributed by atoms with Crippen molar-refractivity contribution in [2.75, 3.05) is 30.5 Å². The van der Waals surface area contributed by atoms with Crippen molar-refractivity contribution in [1.82, 2.24) is 14.8 Å². The van der Waals surface area contributed by atoms with E-state index in [0.29, 0.717) is 49.1 Å². The van der Waals surface area contributed by atoms with Gasteiger partial charge in [-0.1, -0.05) is 43.0 Å². The van der Waals surface area contributed by atoms with Gasteiger partial charge in [-0.25, -0.2) is 9.37 Å². The number of anilines is 2. The standard InChI is InChI=1S/C36H34FN5O2S/c1-22-8-6-10-28(37)33(22)38-23(2)32-20-25-16-17-42(31-13-5-4-9-26(31)35(25)45-32)36(43)30-12-7-11-29(39-30)27-21-41(18-19-44-3)40-34(27)24-14-15-24/h4-13,20-21,24,38H,2,14-19H2,1,3H3. The average Bonchev–Trinajstić information content (AvgIpc) is 3.71. The van der Waals surface area contributed by atoms with E-state index in [-0.39, 0.29) is 11.7 Å². The van der Waals surface area contributed by atoms with E-state index in [2.05, 4.69) is 24.0 Å². The van der Waals surface area contributed by atoms with Crippen LogP contribution in [0.1, 0.15) is 50.9 Å². The Labute approximate surface area is 266 Å². The van der Waals surface area contributed by atoms with Crippen LogP contribution in [0.4, 0.5) is 15.8 Å². The van der Waals surface area contributed by atoms with Crippen molar-refractivity contribution in [3.05, 3.63) is 113 Å². The number of benzene rings is 2. The van der Waals surface area contributed by atoms with E-state index in [1.165, 1.54) is 6.07 Å². The number of rotatable bonds is 9. The number of halogens is 1. The summed E-state index contributed by atoms with van der Waals surface area (Å²) < 4.78 is 21.7. The normalized spacial score (nSPS) is 14.1. The average molecular weight is 620 g/mol. The number of nitrogens with zero attached hydrogens (tertiary/aromatic N) is 4. The number of carbonyl (C=O) groups excluding carboxylic acids is 1. The molecule has 1 fully saturated rings. The molecule has 0 radical (unpaired) electrons. The van der Waals surface area contributed by atoms with E-state index in [9.17, 15) is 9.18 Å². The summed E-state index contributed by atoms with van der Waals surface area (Å²) in [6, 6.07) is 20.8. The van der Waals surface area contributed by atoms with E-state index in [4.69, 9.17) is 14.8 Å². The summed E-state index contributed by atoms with van der Waals surface area (Å²) in [6.45, 7) is 7.84. The molecule has 0 atom stereocenters. The van der Waals surface area contributed by atoms with Gasteiger partial charge in [0.2, 0.25) is 0 Å². The Hall–Kier alpha value is -4.60. The van der Waals surface area contributed by atoms with Crippen LogP contribution in [0.2, 0.25) is 0 Å². The van der Waals surface area contributed by atoms with Crippen LogP contribution >= 0.6 is 11.3 Å². The number of aryl methyl sites for hydroxylation is 1. The zero-order valence-electron chi connectivity index (χ0n) is 25.3. The van der Waals surface area contributed by atoms with Crippen LogP contribution in [-0.2, 0) is 17.7 Å². The van der Waals surface area contributed by atoms with E-state index in [0.717, 1.165) is 61.9 Å². The Kier molecular flexibility index (Phi) is 7.81. The van der Waals surface area contributed by atoms with E-state index in [1.807, 2.05) is 59.1 Å². The van der Waals surface area contributed by atoms with Gasteiger partial charge in [-0.15, -0.1) is 11.3 Å². The van der Waals surface area contributed by atoms with Gasteiger partial charge in [0.05, 0.1) is 40.8 Å². The van der Waals surface area contributed by atoms with Gasteiger partial charge in [0.25, 0.3) is 5.91 Å². The number of para-hydroxylation sites is 2. The Morgan fingerprint density at radius 2 is 1.93 bits per heavy atom. The number of carbonyl (C=O) groups is 1. The Balaban J connectivity index is 1.18. The second kappa shape index (κ2) is 12.1. The fraction of sp³-hybridized carbons (Fsp3) is 0.250. The molecular formula is C36H34FN5O2S. The monoisotopic (exact) mass is 619 g/mol. The Morgan fingerprint density at radius 1 is 1.11 bits per heavy atom. The smallest absolute Gasteiger partial charge is 0.276 e. The SMILES string of the molecule is C=C(Nc1c(C)cccc1F)c1cc2c(s1)-c1ccccc1N(C(=O)c1cccc(-c3cn(CCOC)nc3C3CC3)n1)CC2. The second-order valence-electron chi connectivity index (χ2n) is 11.6. The molecule has 1 amide bonds. The van der Waals surface area contributed by atoms with Crippen LogP contribution in [0.25, 0.3) is 27.4 Å². The molecule has 3 aromatic heterocycles. The number of hydrogen-bond donors (Lipinski definition) is 1. The summed E-state index contributed by atoms with van der Waals surface area (Å²) in [4.78, 5) is 22.9. The molecule has 7 rings (SSSR count). The van der Waals surface area contributed by atoms with Crippen LogP contribution in [0, 0.1) is 12.7 Å². The first kappa shape index (κ1) is 29.1. The summed E-state index contributed by atoms with van der Waals surface area (Å²) in [5, 5.41) is 8.03. The van der Waals surface area contributed by atoms with Gasteiger partial charge in [-0.05, 0) is 67.6 Å². The zero-order valence-corrected chi connectivity index (χ0v) is 26.2. The quantitative estimate of drug-likeness (QED) is 0.181. The lowest BCUT2D eigenvalue weighted by molar-refractivity contribution is 0.0983. The maximum atomic E-state index is 14.5. The van der Waals surface area contributed by atoms with Crippen LogP contribution < -0.4 is 10.2 Å². The molecule has 45 heavy (non-hydrogen) atoms. The first-order valence-electron chi connectivity index (χ1n) is 15.2. The van der Waals surface area contributed by atoms with Gasteiger partial charge in [-0.3, -0.25) is 9.48 Å². The summed E-state index contributed by atoms with van der Waals surface area (Å²) in [6.07, 6.45) is 4.93. The number of ether oxygens (including phenoxy) is 1. The fourth-order valence-corrected chi connectivity index (χ4v) is 7.06. The first-order valence-corrected chi connectivity index (χ1v) is 16.0. The maximum Gasteiger partial charge on any atom is 0.276 e. The molecule has 1 aliphatic heterocycles. The molecule has 9 heteroatoms. The number of aromatic nitrogens is 3. The number of pyridine rings is 1. The van der Waals surface area contributed by atoms with Crippen LogP contribution in [0.5, 0.6) is 0 Å². The van der Waals surface area contributed by atoms with Crippen molar-refractivity contribution in [3.8, 4) is 21.7 Å². The molecule has 1 N–H and O–H groups in total. The summed E-state index contributed by atoms with van der Waals surface area (Å²) >= 11 is 1.60. The molecule has 1 saturated carbocycles. The third-order valence-electron chi connectivity index (χ3n) is 8.42. The minimum Gasteiger partial charge on any atom is -0.383 e. The lowest BCUT2D eigenvalue weighted by Gasteiger charge is -2.23. The Morgan fingerprint density at radius 3 is 2.73 bits per heavy atom. The van der Waals surface area contributed by atoms with E-state index in [1.54, 1.807) is 30.6 Å². The molecule has 4 heterocycles. The Bertz CT molecular complexity index is 1900. The van der Waals surface area contributed by atoms with E-state index < -0.39 is 0 Å². The highest BCUT2D eigenvalue weighted by atomic mass is 32.1. The minimum absolute atomic E-state index is 0.138. The van der Waals surface area contributed by atoms with E-state index >= 15 is 0 Å². The molecule has 0 spiro atoms. The van der Waals surface area contributed by atoms with Crippen molar-refractivity contribution < 1.29 is 13.9 Å². The summed E-state index contributed by atoms with van der Waals surface area (Å²) in [5.74, 6) is -0.0102. The number of fused-ring (bicyclic) bond motifs is 3. The lowest BCUT2D eigenvalue weighted by Crippen LogP contribution is -2.33. The van der Waals surface area contributed by atoms with Gasteiger partial charge in [0.1, 0.15) is 11.5 Å². The van der Waals surface area contributed by atoms with Gasteiger partial charge in [0.15, 0.2) is 0 Å². The molecule has 0 unspecified atom stereocenters. The van der Waals surface area contributed by atoms with Crippen LogP contribution in [0.3, 0.4) is 0 Å². The predicted molar refractivity (Wildman–Crippen MR) is 178 cm³/mol. The molecule has 0 bridgehead atoms. The molecule has 228 valence electrons. The third kappa shape index (κ3) is 5.69. The second-order valence-corrected chi connectivity index (χ2v) is 12.6. The summed E-state index contributed by atoms with van der Waals surface area (Å²) in [5.41, 5.74) is 8.03. The van der Waals surface area contributed by atoms with Crippen LogP contribution in [-0.4, -0.2) is 40.9 Å². The molecular weight excluding hydrogens is 585 g/mol. The summed E-state index contributed by atoms with van der Waals surface area (Å²) in [7, 11) is 1.69. The topological polar surface area (TPSA) is 72.3 Å². The largest absolute Gasteiger partial charge is 0.383 e. The molecule has 7 nitrogen and oxygen atoms in total. The molecule has 0 saturated heterocycles. The fourth-order valence-electron chi connectivity index (χ4n) is 5.89. The van der Waals surface area contributed by atoms with Crippen molar-refractivity contribution in [1.29, 1.82) is 0 Å². The van der Waals surface area contributed by atoms with Gasteiger partial charge in [0, 0.05) is 47.5 Å². The highest BCUT2D eigenvalue weighted by Gasteiger charge is 2.31. The van der Waals surface area contributed by atoms with Crippen molar-refractivity contribution >= 4 is 34.3 Å². The number of nitrogens with one attached hydrogen (secondary N) is 1. The number of hydrogen-bond acceptors (Lipinski definition) is 6. The molecule has 1 aliphatic carbocycles. The lowest BCUT2D eigenvalue weighted by atomic mass is 10.1. The highest BCUT2D eigenvalue weighted by molar-refractivity contribution is 7.16. The number of methoxy groups -OCH3 is 1. The minimum atomic E-state index is -0.310.